The second-order valence-electron chi connectivity index (χ2n) is 8.15. The Kier molecular flexibility index (Phi) is 4.27. The van der Waals surface area contributed by atoms with E-state index in [2.05, 4.69) is 10.2 Å². The number of nitrogens with zero attached hydrogens (tertiary/aromatic N) is 2. The smallest absolute Gasteiger partial charge is 0.302 e. The molecule has 1 saturated heterocycles. The molecule has 0 unspecified atom stereocenters. The Labute approximate surface area is 169 Å². The molecule has 2 atom stereocenters. The molecule has 2 aliphatic heterocycles. The molecule has 1 N–H and O–H groups in total. The summed E-state index contributed by atoms with van der Waals surface area (Å²) in [4.78, 5) is 44.4. The van der Waals surface area contributed by atoms with E-state index in [-0.39, 0.29) is 24.7 Å². The molecule has 2 aromatic carbocycles. The van der Waals surface area contributed by atoms with E-state index in [0.717, 1.165) is 11.3 Å². The Bertz CT molecular complexity index is 1050. The Morgan fingerprint density at radius 3 is 2.48 bits per heavy atom. The SMILES string of the molecule is [C-]#[N+][C@@H]1C[C@@]2(CN1C(=O)C(C)(C)C(=O)c1ccccc1)C(=O)Nc1ccccc12. The van der Waals surface area contributed by atoms with Gasteiger partial charge in [-0.15, -0.1) is 0 Å². The van der Waals surface area contributed by atoms with E-state index in [1.54, 1.807) is 44.2 Å². The van der Waals surface area contributed by atoms with Gasteiger partial charge in [0, 0.05) is 17.8 Å². The zero-order chi connectivity index (χ0) is 20.8. The molecular weight excluding hydrogens is 366 g/mol. The highest BCUT2D eigenvalue weighted by Gasteiger charge is 2.60. The van der Waals surface area contributed by atoms with Crippen LogP contribution in [0.5, 0.6) is 0 Å². The number of benzene rings is 2. The first-order chi connectivity index (χ1) is 13.8. The minimum absolute atomic E-state index is 0.0905. The van der Waals surface area contributed by atoms with Gasteiger partial charge in [0.1, 0.15) is 10.8 Å². The predicted octanol–water partition coefficient (Wildman–Crippen LogP) is 3.26. The molecule has 1 spiro atoms. The number of hydrogen-bond acceptors (Lipinski definition) is 3. The topological polar surface area (TPSA) is 70.8 Å². The van der Waals surface area contributed by atoms with Crippen molar-refractivity contribution in [3.05, 3.63) is 77.1 Å². The van der Waals surface area contributed by atoms with Crippen molar-refractivity contribution in [3.8, 4) is 0 Å². The number of fused-ring (bicyclic) bond motifs is 2. The standard InChI is InChI=1S/C23H21N3O3/c1-22(2,19(27)15-9-5-4-6-10-15)21(29)26-14-23(13-18(26)24-3)16-11-7-8-12-17(16)25-20(23)28/h4-12,18H,13-14H2,1-2H3,(H,25,28)/t18-,23-/m0/s1. The first kappa shape index (κ1) is 18.9. The Balaban J connectivity index is 1.69. The first-order valence-corrected chi connectivity index (χ1v) is 9.50. The molecule has 6 nitrogen and oxygen atoms in total. The fourth-order valence-corrected chi connectivity index (χ4v) is 4.34. The molecule has 146 valence electrons. The number of ketones is 1. The van der Waals surface area contributed by atoms with Crippen molar-refractivity contribution in [2.24, 2.45) is 5.41 Å². The number of likely N-dealkylation sites (tertiary alicyclic amines) is 1. The van der Waals surface area contributed by atoms with E-state index in [4.69, 9.17) is 6.57 Å². The van der Waals surface area contributed by atoms with Crippen LogP contribution in [0.15, 0.2) is 54.6 Å². The van der Waals surface area contributed by atoms with Crippen molar-refractivity contribution in [2.75, 3.05) is 11.9 Å². The van der Waals surface area contributed by atoms with E-state index in [1.165, 1.54) is 4.90 Å². The van der Waals surface area contributed by atoms with Gasteiger partial charge >= 0.3 is 6.17 Å². The Morgan fingerprint density at radius 1 is 1.14 bits per heavy atom. The number of Topliss-reactive ketones (excluding diaryl/α,β-unsaturated/α-hetero) is 1. The number of nitrogens with one attached hydrogen (secondary N) is 1. The zero-order valence-electron chi connectivity index (χ0n) is 16.3. The molecule has 29 heavy (non-hydrogen) atoms. The number of amides is 2. The molecule has 0 bridgehead atoms. The number of carbonyl (C=O) groups excluding carboxylic acids is 3. The normalized spacial score (nSPS) is 22.9. The van der Waals surface area contributed by atoms with Crippen molar-refractivity contribution in [3.63, 3.8) is 0 Å². The highest BCUT2D eigenvalue weighted by molar-refractivity contribution is 6.14. The van der Waals surface area contributed by atoms with Crippen molar-refractivity contribution in [1.82, 2.24) is 4.90 Å². The summed E-state index contributed by atoms with van der Waals surface area (Å²) in [5.41, 5.74) is -0.322. The van der Waals surface area contributed by atoms with E-state index in [1.807, 2.05) is 24.3 Å². The third kappa shape index (κ3) is 2.73. The molecule has 0 aromatic heterocycles. The molecule has 2 aromatic rings. The third-order valence-electron chi connectivity index (χ3n) is 6.00. The van der Waals surface area contributed by atoms with Gasteiger partial charge in [0.05, 0.1) is 6.42 Å². The average molecular weight is 387 g/mol. The van der Waals surface area contributed by atoms with Crippen LogP contribution in [0.3, 0.4) is 0 Å². The quantitative estimate of drug-likeness (QED) is 0.499. The van der Waals surface area contributed by atoms with Gasteiger partial charge in [-0.1, -0.05) is 48.5 Å². The maximum absolute atomic E-state index is 13.4. The van der Waals surface area contributed by atoms with Gasteiger partial charge in [0.2, 0.25) is 11.8 Å². The van der Waals surface area contributed by atoms with Crippen LogP contribution < -0.4 is 5.32 Å². The van der Waals surface area contributed by atoms with Gasteiger partial charge in [-0.05, 0) is 25.5 Å². The van der Waals surface area contributed by atoms with Crippen molar-refractivity contribution in [1.29, 1.82) is 0 Å². The molecule has 2 aliphatic rings. The lowest BCUT2D eigenvalue weighted by Crippen LogP contribution is -2.48. The molecule has 0 aliphatic carbocycles. The van der Waals surface area contributed by atoms with Crippen LogP contribution in [0, 0.1) is 12.0 Å². The molecular formula is C23H21N3O3. The van der Waals surface area contributed by atoms with Crippen molar-refractivity contribution >= 4 is 23.3 Å². The first-order valence-electron chi connectivity index (χ1n) is 9.50. The van der Waals surface area contributed by atoms with Gasteiger partial charge in [-0.2, -0.15) is 0 Å². The number of carbonyl (C=O) groups is 3. The van der Waals surface area contributed by atoms with Crippen LogP contribution >= 0.6 is 0 Å². The van der Waals surface area contributed by atoms with Crippen molar-refractivity contribution in [2.45, 2.75) is 31.8 Å². The minimum Gasteiger partial charge on any atom is -0.325 e. The Hall–Kier alpha value is -3.46. The van der Waals surface area contributed by atoms with E-state index >= 15 is 0 Å². The minimum atomic E-state index is -1.34. The van der Waals surface area contributed by atoms with Gasteiger partial charge in [0.15, 0.2) is 5.78 Å². The molecule has 4 rings (SSSR count). The fraction of sp³-hybridized carbons (Fsp3) is 0.304. The fourth-order valence-electron chi connectivity index (χ4n) is 4.34. The summed E-state index contributed by atoms with van der Waals surface area (Å²) >= 11 is 0. The van der Waals surface area contributed by atoms with Crippen LogP contribution in [-0.4, -0.2) is 35.2 Å². The molecule has 0 radical (unpaired) electrons. The van der Waals surface area contributed by atoms with Gasteiger partial charge in [-0.3, -0.25) is 24.1 Å². The number of rotatable bonds is 3. The highest BCUT2D eigenvalue weighted by atomic mass is 16.2. The lowest BCUT2D eigenvalue weighted by atomic mass is 9.80. The monoisotopic (exact) mass is 387 g/mol. The molecule has 6 heteroatoms. The summed E-state index contributed by atoms with van der Waals surface area (Å²) in [7, 11) is 0. The van der Waals surface area contributed by atoms with Crippen LogP contribution in [0.4, 0.5) is 5.69 Å². The van der Waals surface area contributed by atoms with Gasteiger partial charge < -0.3 is 5.32 Å². The molecule has 2 heterocycles. The molecule has 2 amide bonds. The van der Waals surface area contributed by atoms with Crippen LogP contribution in [0.2, 0.25) is 0 Å². The van der Waals surface area contributed by atoms with Crippen LogP contribution in [0.1, 0.15) is 36.2 Å². The lowest BCUT2D eigenvalue weighted by Gasteiger charge is -2.29. The van der Waals surface area contributed by atoms with Crippen LogP contribution in [0.25, 0.3) is 4.85 Å². The average Bonchev–Trinajstić information content (AvgIpc) is 3.26. The number of hydrogen-bond donors (Lipinski definition) is 1. The van der Waals surface area contributed by atoms with Crippen LogP contribution in [-0.2, 0) is 15.0 Å². The maximum atomic E-state index is 13.4. The lowest BCUT2D eigenvalue weighted by molar-refractivity contribution is -0.138. The summed E-state index contributed by atoms with van der Waals surface area (Å²) in [6.45, 7) is 10.9. The van der Waals surface area contributed by atoms with Gasteiger partial charge in [-0.25, -0.2) is 6.57 Å². The summed E-state index contributed by atoms with van der Waals surface area (Å²) in [5.74, 6) is -0.930. The second-order valence-corrected chi connectivity index (χ2v) is 8.15. The highest BCUT2D eigenvalue weighted by Crippen LogP contribution is 2.47. The number of para-hydroxylation sites is 1. The molecule has 0 saturated carbocycles. The largest absolute Gasteiger partial charge is 0.325 e. The Morgan fingerprint density at radius 2 is 1.79 bits per heavy atom. The zero-order valence-corrected chi connectivity index (χ0v) is 16.3. The third-order valence-corrected chi connectivity index (χ3v) is 6.00. The summed E-state index contributed by atoms with van der Waals surface area (Å²) in [6, 6.07) is 16.0. The number of anilines is 1. The maximum Gasteiger partial charge on any atom is 0.302 e. The molecule has 1 fully saturated rings. The van der Waals surface area contributed by atoms with E-state index in [0.29, 0.717) is 5.56 Å². The summed E-state index contributed by atoms with van der Waals surface area (Å²) in [6.07, 6.45) is -0.567. The summed E-state index contributed by atoms with van der Waals surface area (Å²) in [5, 5.41) is 2.87. The predicted molar refractivity (Wildman–Crippen MR) is 108 cm³/mol. The second kappa shape index (κ2) is 6.56. The van der Waals surface area contributed by atoms with E-state index in [9.17, 15) is 14.4 Å². The van der Waals surface area contributed by atoms with Gasteiger partial charge in [0.25, 0.3) is 0 Å². The summed E-state index contributed by atoms with van der Waals surface area (Å²) < 4.78 is 0. The van der Waals surface area contributed by atoms with E-state index < -0.39 is 22.9 Å². The van der Waals surface area contributed by atoms with Crippen molar-refractivity contribution < 1.29 is 14.4 Å².